The number of nitrogens with two attached hydrogens (primary N) is 1. The number of carbonyl (C=O) groups is 1. The quantitative estimate of drug-likeness (QED) is 0.855. The Morgan fingerprint density at radius 3 is 2.69 bits per heavy atom. The summed E-state index contributed by atoms with van der Waals surface area (Å²) in [6.07, 6.45) is 0. The summed E-state index contributed by atoms with van der Waals surface area (Å²) in [5.74, 6) is -0.295. The summed E-state index contributed by atoms with van der Waals surface area (Å²) in [6.45, 7) is 6.26. The Labute approximate surface area is 105 Å². The number of rotatable bonds is 5. The van der Waals surface area contributed by atoms with Crippen LogP contribution < -0.4 is 11.1 Å². The Hall–Kier alpha value is -0.580. The lowest BCUT2D eigenvalue weighted by atomic mass is 9.92. The van der Waals surface area contributed by atoms with E-state index in [-0.39, 0.29) is 11.9 Å². The lowest BCUT2D eigenvalue weighted by molar-refractivity contribution is -0.125. The lowest BCUT2D eigenvalue weighted by Gasteiger charge is -2.23. The van der Waals surface area contributed by atoms with E-state index in [4.69, 9.17) is 17.3 Å². The first-order chi connectivity index (χ1) is 7.33. The van der Waals surface area contributed by atoms with E-state index in [1.165, 1.54) is 0 Å². The monoisotopic (exact) mass is 260 g/mol. The van der Waals surface area contributed by atoms with Gasteiger partial charge in [-0.05, 0) is 32.9 Å². The number of thiophene rings is 1. The average molecular weight is 261 g/mol. The second-order valence-corrected chi connectivity index (χ2v) is 6.24. The number of amides is 1. The minimum absolute atomic E-state index is 0.177. The minimum Gasteiger partial charge on any atom is -0.369 e. The molecule has 1 heterocycles. The first kappa shape index (κ1) is 13.5. The van der Waals surface area contributed by atoms with Crippen molar-refractivity contribution in [1.82, 2.24) is 5.32 Å². The molecule has 0 spiro atoms. The highest BCUT2D eigenvalue weighted by Gasteiger charge is 2.25. The van der Waals surface area contributed by atoms with E-state index < -0.39 is 5.41 Å². The van der Waals surface area contributed by atoms with Gasteiger partial charge < -0.3 is 11.1 Å². The van der Waals surface area contributed by atoms with Crippen LogP contribution in [0, 0.1) is 5.41 Å². The molecule has 0 fully saturated rings. The van der Waals surface area contributed by atoms with Gasteiger partial charge in [-0.2, -0.15) is 0 Å². The van der Waals surface area contributed by atoms with Crippen LogP contribution in [-0.4, -0.2) is 12.5 Å². The zero-order valence-corrected chi connectivity index (χ0v) is 11.3. The van der Waals surface area contributed by atoms with Gasteiger partial charge in [-0.15, -0.1) is 11.3 Å². The molecule has 0 saturated heterocycles. The summed E-state index contributed by atoms with van der Waals surface area (Å²) < 4.78 is 0.776. The third kappa shape index (κ3) is 3.47. The van der Waals surface area contributed by atoms with E-state index in [1.807, 2.05) is 32.9 Å². The molecule has 0 saturated carbocycles. The molecule has 1 amide bonds. The molecule has 3 N–H and O–H groups in total. The van der Waals surface area contributed by atoms with E-state index in [0.29, 0.717) is 6.54 Å². The lowest BCUT2D eigenvalue weighted by Crippen LogP contribution is -2.41. The van der Waals surface area contributed by atoms with Gasteiger partial charge in [-0.25, -0.2) is 0 Å². The highest BCUT2D eigenvalue weighted by atomic mass is 35.5. The van der Waals surface area contributed by atoms with Crippen molar-refractivity contribution in [2.75, 3.05) is 6.54 Å². The zero-order valence-electron chi connectivity index (χ0n) is 9.71. The normalized spacial score (nSPS) is 13.8. The van der Waals surface area contributed by atoms with Crippen molar-refractivity contribution in [3.63, 3.8) is 0 Å². The van der Waals surface area contributed by atoms with Gasteiger partial charge in [0.05, 0.1) is 9.75 Å². The highest BCUT2D eigenvalue weighted by molar-refractivity contribution is 7.16. The number of primary amides is 1. The van der Waals surface area contributed by atoms with E-state index in [1.54, 1.807) is 11.3 Å². The van der Waals surface area contributed by atoms with Crippen LogP contribution in [0.15, 0.2) is 12.1 Å². The van der Waals surface area contributed by atoms with Crippen molar-refractivity contribution in [1.29, 1.82) is 0 Å². The van der Waals surface area contributed by atoms with Gasteiger partial charge in [-0.1, -0.05) is 11.6 Å². The second kappa shape index (κ2) is 5.17. The van der Waals surface area contributed by atoms with Crippen LogP contribution in [0.1, 0.15) is 31.7 Å². The van der Waals surface area contributed by atoms with Crippen LogP contribution >= 0.6 is 22.9 Å². The molecule has 1 unspecified atom stereocenters. The molecule has 0 aromatic carbocycles. The van der Waals surface area contributed by atoms with Crippen LogP contribution in [0.5, 0.6) is 0 Å². The first-order valence-corrected chi connectivity index (χ1v) is 6.31. The summed E-state index contributed by atoms with van der Waals surface area (Å²) in [7, 11) is 0. The summed E-state index contributed by atoms with van der Waals surface area (Å²) in [6, 6.07) is 4.04. The van der Waals surface area contributed by atoms with E-state index in [2.05, 4.69) is 5.32 Å². The number of hydrogen-bond acceptors (Lipinski definition) is 3. The molecule has 90 valence electrons. The zero-order chi connectivity index (χ0) is 12.3. The third-order valence-corrected chi connectivity index (χ3v) is 3.95. The van der Waals surface area contributed by atoms with Crippen molar-refractivity contribution < 1.29 is 4.79 Å². The van der Waals surface area contributed by atoms with Gasteiger partial charge in [0.25, 0.3) is 0 Å². The Morgan fingerprint density at radius 2 is 2.25 bits per heavy atom. The Morgan fingerprint density at radius 1 is 1.62 bits per heavy atom. The molecule has 0 aliphatic carbocycles. The first-order valence-electron chi connectivity index (χ1n) is 5.11. The molecule has 5 heteroatoms. The van der Waals surface area contributed by atoms with Crippen molar-refractivity contribution >= 4 is 28.8 Å². The van der Waals surface area contributed by atoms with Crippen LogP contribution in [0.3, 0.4) is 0 Å². The Bertz CT molecular complexity index is 376. The molecule has 0 aliphatic rings. The van der Waals surface area contributed by atoms with Gasteiger partial charge >= 0.3 is 0 Å². The van der Waals surface area contributed by atoms with E-state index in [0.717, 1.165) is 9.21 Å². The Balaban J connectivity index is 2.53. The molecular formula is C11H17ClN2OS. The Kier molecular flexibility index (Phi) is 4.35. The summed E-state index contributed by atoms with van der Waals surface area (Å²) >= 11 is 7.40. The average Bonchev–Trinajstić information content (AvgIpc) is 2.61. The maximum atomic E-state index is 11.1. The van der Waals surface area contributed by atoms with Gasteiger partial charge in [-0.3, -0.25) is 4.79 Å². The fourth-order valence-corrected chi connectivity index (χ4v) is 2.24. The predicted octanol–water partition coefficient (Wildman–Crippen LogP) is 2.56. The standard InChI is InChI=1S/C11H17ClN2OS/c1-7(8-4-5-9(12)16-8)14-6-11(2,3)10(13)15/h4-5,7,14H,6H2,1-3H3,(H2,13,15). The van der Waals surface area contributed by atoms with E-state index >= 15 is 0 Å². The number of hydrogen-bond donors (Lipinski definition) is 2. The van der Waals surface area contributed by atoms with Gasteiger partial charge in [0.1, 0.15) is 0 Å². The fourth-order valence-electron chi connectivity index (χ4n) is 1.16. The SMILES string of the molecule is CC(NCC(C)(C)C(N)=O)c1ccc(Cl)s1. The largest absolute Gasteiger partial charge is 0.369 e. The van der Waals surface area contributed by atoms with Gasteiger partial charge in [0.2, 0.25) is 5.91 Å². The maximum absolute atomic E-state index is 11.1. The number of nitrogens with one attached hydrogen (secondary N) is 1. The van der Waals surface area contributed by atoms with Gasteiger partial charge in [0.15, 0.2) is 0 Å². The van der Waals surface area contributed by atoms with Crippen molar-refractivity contribution in [3.05, 3.63) is 21.3 Å². The van der Waals surface area contributed by atoms with Gasteiger partial charge in [0, 0.05) is 17.5 Å². The van der Waals surface area contributed by atoms with Crippen LogP contribution in [0.25, 0.3) is 0 Å². The molecule has 3 nitrogen and oxygen atoms in total. The van der Waals surface area contributed by atoms with E-state index in [9.17, 15) is 4.79 Å². The smallest absolute Gasteiger partial charge is 0.224 e. The molecule has 0 aliphatic heterocycles. The van der Waals surface area contributed by atoms with Crippen LogP contribution in [0.4, 0.5) is 0 Å². The second-order valence-electron chi connectivity index (χ2n) is 4.49. The third-order valence-electron chi connectivity index (χ3n) is 2.54. The molecular weight excluding hydrogens is 244 g/mol. The molecule has 1 atom stereocenters. The molecule has 1 rings (SSSR count). The number of halogens is 1. The number of carbonyl (C=O) groups excluding carboxylic acids is 1. The molecule has 1 aromatic heterocycles. The fraction of sp³-hybridized carbons (Fsp3) is 0.545. The van der Waals surface area contributed by atoms with Crippen LogP contribution in [-0.2, 0) is 4.79 Å². The maximum Gasteiger partial charge on any atom is 0.224 e. The minimum atomic E-state index is -0.532. The summed E-state index contributed by atoms with van der Waals surface area (Å²) in [4.78, 5) is 12.3. The summed E-state index contributed by atoms with van der Waals surface area (Å²) in [5.41, 5.74) is 4.77. The molecule has 16 heavy (non-hydrogen) atoms. The van der Waals surface area contributed by atoms with Crippen molar-refractivity contribution in [3.8, 4) is 0 Å². The van der Waals surface area contributed by atoms with Crippen molar-refractivity contribution in [2.45, 2.75) is 26.8 Å². The molecule has 0 radical (unpaired) electrons. The molecule has 0 bridgehead atoms. The molecule has 1 aromatic rings. The predicted molar refractivity (Wildman–Crippen MR) is 68.7 cm³/mol. The summed E-state index contributed by atoms with van der Waals surface area (Å²) in [5, 5.41) is 3.28. The van der Waals surface area contributed by atoms with Crippen molar-refractivity contribution in [2.24, 2.45) is 11.1 Å². The van der Waals surface area contributed by atoms with Crippen LogP contribution in [0.2, 0.25) is 4.34 Å². The highest BCUT2D eigenvalue weighted by Crippen LogP contribution is 2.27. The topological polar surface area (TPSA) is 55.1 Å².